The average Bonchev–Trinajstić information content (AvgIpc) is 3.52. The van der Waals surface area contributed by atoms with Crippen LogP contribution in [0.3, 0.4) is 0 Å². The first-order valence-electron chi connectivity index (χ1n) is 16.1. The number of pyridine rings is 2. The SMILES string of the molecule is Cc1ccc(S(=O)(=O)OCCF)cc1.Cn1c2c(c3ccc(Br)nc31)CC(O)CC2.Cn1c2c(c3ccc(Br)nc31)CC(OCCF)CC2. The maximum absolute atomic E-state index is 12.2. The van der Waals surface area contributed by atoms with Crippen LogP contribution in [0.5, 0.6) is 0 Å². The second-order valence-corrected chi connectivity index (χ2v) is 15.3. The Kier molecular flexibility index (Phi) is 12.6. The van der Waals surface area contributed by atoms with Crippen molar-refractivity contribution in [1.29, 1.82) is 0 Å². The molecule has 7 rings (SSSR count). The molecule has 0 saturated heterocycles. The summed E-state index contributed by atoms with van der Waals surface area (Å²) >= 11 is 6.81. The summed E-state index contributed by atoms with van der Waals surface area (Å²) in [5, 5.41) is 12.1. The Bertz CT molecular complexity index is 2020. The number of aliphatic hydroxyl groups excluding tert-OH is 1. The molecule has 0 fully saturated rings. The van der Waals surface area contributed by atoms with Crippen molar-refractivity contribution in [2.45, 2.75) is 62.6 Å². The molecule has 2 unspecified atom stereocenters. The van der Waals surface area contributed by atoms with Gasteiger partial charge in [-0.1, -0.05) is 17.7 Å². The fourth-order valence-electron chi connectivity index (χ4n) is 6.43. The summed E-state index contributed by atoms with van der Waals surface area (Å²) in [6.07, 6.45) is 5.29. The zero-order valence-electron chi connectivity index (χ0n) is 27.6. The van der Waals surface area contributed by atoms with Gasteiger partial charge in [0.05, 0.1) is 30.3 Å². The highest BCUT2D eigenvalue weighted by atomic mass is 79.9. The van der Waals surface area contributed by atoms with Crippen LogP contribution in [0.25, 0.3) is 22.1 Å². The van der Waals surface area contributed by atoms with Crippen LogP contribution >= 0.6 is 31.9 Å². The molecule has 2 atom stereocenters. The third-order valence-corrected chi connectivity index (χ3v) is 11.0. The van der Waals surface area contributed by atoms with Gasteiger partial charge < -0.3 is 19.0 Å². The van der Waals surface area contributed by atoms with Crippen molar-refractivity contribution in [2.24, 2.45) is 14.1 Å². The lowest BCUT2D eigenvalue weighted by molar-refractivity contribution is 0.0358. The van der Waals surface area contributed by atoms with Crippen molar-refractivity contribution in [3.63, 3.8) is 0 Å². The molecule has 0 aliphatic heterocycles. The van der Waals surface area contributed by atoms with Crippen LogP contribution in [0.2, 0.25) is 0 Å². The second kappa shape index (κ2) is 16.5. The Morgan fingerprint density at radius 2 is 1.35 bits per heavy atom. The number of aromatic nitrogens is 4. The summed E-state index contributed by atoms with van der Waals surface area (Å²) in [7, 11) is 0.334. The highest BCUT2D eigenvalue weighted by molar-refractivity contribution is 9.10. The quantitative estimate of drug-likeness (QED) is 0.139. The number of hydrogen-bond acceptors (Lipinski definition) is 7. The molecule has 0 saturated carbocycles. The van der Waals surface area contributed by atoms with Crippen LogP contribution in [-0.2, 0) is 58.8 Å². The third kappa shape index (κ3) is 8.77. The lowest BCUT2D eigenvalue weighted by atomic mass is 9.93. The Labute approximate surface area is 302 Å². The summed E-state index contributed by atoms with van der Waals surface area (Å²) in [6.45, 7) is 0.391. The average molecular weight is 827 g/mol. The van der Waals surface area contributed by atoms with E-state index in [4.69, 9.17) is 4.74 Å². The first-order valence-corrected chi connectivity index (χ1v) is 19.1. The fraction of sp³-hybridized carbons (Fsp3) is 0.429. The van der Waals surface area contributed by atoms with Crippen LogP contribution < -0.4 is 0 Å². The third-order valence-electron chi connectivity index (χ3n) is 8.82. The number of aryl methyl sites for hydroxylation is 3. The van der Waals surface area contributed by atoms with Crippen molar-refractivity contribution in [3.05, 3.63) is 85.8 Å². The van der Waals surface area contributed by atoms with E-state index < -0.39 is 30.1 Å². The van der Waals surface area contributed by atoms with Gasteiger partial charge in [0, 0.05) is 49.1 Å². The van der Waals surface area contributed by atoms with E-state index in [2.05, 4.69) is 81.4 Å². The molecule has 0 bridgehead atoms. The largest absolute Gasteiger partial charge is 0.393 e. The Balaban J connectivity index is 0.000000145. The number of fused-ring (bicyclic) bond motifs is 6. The van der Waals surface area contributed by atoms with E-state index in [1.165, 1.54) is 45.4 Å². The highest BCUT2D eigenvalue weighted by Crippen LogP contribution is 2.33. The summed E-state index contributed by atoms with van der Waals surface area (Å²) in [5.41, 5.74) is 8.21. The molecule has 1 N–H and O–H groups in total. The van der Waals surface area contributed by atoms with Gasteiger partial charge >= 0.3 is 0 Å². The maximum atomic E-state index is 12.2. The summed E-state index contributed by atoms with van der Waals surface area (Å²) in [6, 6.07) is 14.3. The van der Waals surface area contributed by atoms with Crippen LogP contribution in [0.1, 0.15) is 40.9 Å². The van der Waals surface area contributed by atoms with E-state index >= 15 is 0 Å². The Morgan fingerprint density at radius 3 is 1.90 bits per heavy atom. The number of benzene rings is 1. The van der Waals surface area contributed by atoms with E-state index in [0.29, 0.717) is 0 Å². The molecule has 1 aromatic carbocycles. The highest BCUT2D eigenvalue weighted by Gasteiger charge is 2.26. The molecule has 2 aliphatic carbocycles. The molecule has 9 nitrogen and oxygen atoms in total. The van der Waals surface area contributed by atoms with Crippen molar-refractivity contribution in [3.8, 4) is 0 Å². The van der Waals surface area contributed by atoms with E-state index in [0.717, 1.165) is 64.6 Å². The Hall–Kier alpha value is -2.75. The molecule has 14 heteroatoms. The topological polar surface area (TPSA) is 108 Å². The van der Waals surface area contributed by atoms with E-state index in [9.17, 15) is 22.3 Å². The van der Waals surface area contributed by atoms with E-state index in [1.54, 1.807) is 12.1 Å². The summed E-state index contributed by atoms with van der Waals surface area (Å²) in [4.78, 5) is 9.10. The van der Waals surface area contributed by atoms with Crippen LogP contribution in [0.15, 0.2) is 62.6 Å². The molecule has 2 aliphatic rings. The first kappa shape index (κ1) is 37.5. The maximum Gasteiger partial charge on any atom is 0.297 e. The zero-order valence-corrected chi connectivity index (χ0v) is 31.6. The lowest BCUT2D eigenvalue weighted by Crippen LogP contribution is -2.23. The van der Waals surface area contributed by atoms with Crippen LogP contribution in [-0.4, -0.2) is 71.4 Å². The molecule has 264 valence electrons. The number of hydrogen-bond donors (Lipinski definition) is 1. The molecule has 5 aromatic rings. The zero-order chi connectivity index (χ0) is 35.3. The molecule has 49 heavy (non-hydrogen) atoms. The van der Waals surface area contributed by atoms with E-state index in [-0.39, 0.29) is 23.7 Å². The standard InChI is InChI=1S/C14H16BrFN2O.C12H13BrN2O.C9H11FO3S/c1-18-12-4-2-9(19-7-6-16)8-11(12)10-3-5-13(15)17-14(10)18;1-15-10-4-2-7(16)6-9(10)8-3-5-11(13)14-12(8)15;1-8-2-4-9(5-3-8)14(11,12)13-7-6-10/h3,5,9H,2,4,6-8H2,1H3;3,5,7,16H,2,4,6H2,1H3;2-5H,6-7H2,1H3. The number of ether oxygens (including phenoxy) is 1. The second-order valence-electron chi connectivity index (χ2n) is 12.1. The lowest BCUT2D eigenvalue weighted by Gasteiger charge is -2.23. The summed E-state index contributed by atoms with van der Waals surface area (Å²) < 4.78 is 62.5. The predicted molar refractivity (Wildman–Crippen MR) is 193 cm³/mol. The van der Waals surface area contributed by atoms with Crippen LogP contribution in [0.4, 0.5) is 8.78 Å². The fourth-order valence-corrected chi connectivity index (χ4v) is 7.92. The molecular weight excluding hydrogens is 786 g/mol. The molecule has 0 spiro atoms. The van der Waals surface area contributed by atoms with Crippen molar-refractivity contribution in [2.75, 3.05) is 26.6 Å². The van der Waals surface area contributed by atoms with Crippen LogP contribution in [0, 0.1) is 6.92 Å². The van der Waals surface area contributed by atoms with Gasteiger partial charge in [-0.15, -0.1) is 0 Å². The molecule has 4 heterocycles. The number of alkyl halides is 2. The number of halogens is 4. The molecular formula is C35H40Br2F2N4O5S. The first-order chi connectivity index (χ1) is 23.4. The van der Waals surface area contributed by atoms with Gasteiger partial charge in [-0.05, 0) is 112 Å². The number of rotatable bonds is 7. The van der Waals surface area contributed by atoms with Gasteiger partial charge in [-0.3, -0.25) is 4.18 Å². The van der Waals surface area contributed by atoms with Crippen molar-refractivity contribution >= 4 is 64.0 Å². The minimum absolute atomic E-state index is 0.0524. The van der Waals surface area contributed by atoms with Crippen molar-refractivity contribution < 1.29 is 31.2 Å². The number of nitrogens with zero attached hydrogens (tertiary/aromatic N) is 4. The minimum atomic E-state index is -3.78. The van der Waals surface area contributed by atoms with Gasteiger partial charge in [-0.25, -0.2) is 18.7 Å². The van der Waals surface area contributed by atoms with Gasteiger partial charge in [0.1, 0.15) is 33.8 Å². The summed E-state index contributed by atoms with van der Waals surface area (Å²) in [5.74, 6) is 0. The Morgan fingerprint density at radius 1 is 0.816 bits per heavy atom. The smallest absolute Gasteiger partial charge is 0.297 e. The molecule has 0 amide bonds. The van der Waals surface area contributed by atoms with Gasteiger partial charge in [0.25, 0.3) is 10.1 Å². The number of aliphatic hydroxyl groups is 1. The van der Waals surface area contributed by atoms with Crippen molar-refractivity contribution in [1.82, 2.24) is 19.1 Å². The molecule has 0 radical (unpaired) electrons. The predicted octanol–water partition coefficient (Wildman–Crippen LogP) is 7.03. The minimum Gasteiger partial charge on any atom is -0.393 e. The van der Waals surface area contributed by atoms with Gasteiger partial charge in [0.2, 0.25) is 0 Å². The van der Waals surface area contributed by atoms with Gasteiger partial charge in [0.15, 0.2) is 0 Å². The van der Waals surface area contributed by atoms with E-state index in [1.807, 2.05) is 19.1 Å². The normalized spacial score (nSPS) is 17.1. The monoisotopic (exact) mass is 824 g/mol. The van der Waals surface area contributed by atoms with Gasteiger partial charge in [-0.2, -0.15) is 8.42 Å². The molecule has 4 aromatic heterocycles.